The molecule has 1 aromatic carbocycles. The number of hydrogen-bond donors (Lipinski definition) is 0. The molecular weight excluding hydrogens is 316 g/mol. The van der Waals surface area contributed by atoms with Crippen LogP contribution in [0.1, 0.15) is 64.5 Å². The molecule has 1 saturated carbocycles. The lowest BCUT2D eigenvalue weighted by Gasteiger charge is -2.45. The molecule has 1 aliphatic heterocycles. The molecule has 2 aliphatic rings. The fourth-order valence-corrected chi connectivity index (χ4v) is 4.32. The van der Waals surface area contributed by atoms with Crippen molar-refractivity contribution >= 4 is 8.32 Å². The summed E-state index contributed by atoms with van der Waals surface area (Å²) < 4.78 is 19.3. The van der Waals surface area contributed by atoms with Crippen LogP contribution in [0.4, 0.5) is 0 Å². The number of fused-ring (bicyclic) bond motifs is 1. The van der Waals surface area contributed by atoms with Gasteiger partial charge < -0.3 is 13.9 Å². The Labute approximate surface area is 147 Å². The van der Waals surface area contributed by atoms with Gasteiger partial charge >= 0.3 is 0 Å². The topological polar surface area (TPSA) is 27.7 Å². The average Bonchev–Trinajstić information content (AvgIpc) is 2.52. The summed E-state index contributed by atoms with van der Waals surface area (Å²) in [5, 5.41) is 0.209. The van der Waals surface area contributed by atoms with Crippen molar-refractivity contribution in [3.63, 3.8) is 0 Å². The van der Waals surface area contributed by atoms with Gasteiger partial charge in [0.2, 0.25) is 5.79 Å². The van der Waals surface area contributed by atoms with Crippen LogP contribution in [0, 0.1) is 0 Å². The van der Waals surface area contributed by atoms with Crippen molar-refractivity contribution in [3.05, 3.63) is 29.8 Å². The number of para-hydroxylation sites is 1. The van der Waals surface area contributed by atoms with Gasteiger partial charge in [-0.15, -0.1) is 0 Å². The third-order valence-electron chi connectivity index (χ3n) is 5.94. The van der Waals surface area contributed by atoms with Gasteiger partial charge in [0.15, 0.2) is 8.32 Å². The number of benzene rings is 1. The molecule has 24 heavy (non-hydrogen) atoms. The van der Waals surface area contributed by atoms with E-state index in [4.69, 9.17) is 13.9 Å². The summed E-state index contributed by atoms with van der Waals surface area (Å²) in [6.07, 6.45) is 5.58. The second kappa shape index (κ2) is 6.47. The molecule has 1 heterocycles. The van der Waals surface area contributed by atoms with Gasteiger partial charge in [-0.2, -0.15) is 0 Å². The van der Waals surface area contributed by atoms with E-state index in [0.29, 0.717) is 6.61 Å². The first-order valence-electron chi connectivity index (χ1n) is 9.32. The SMILES string of the molecule is CC(C)(C)[Si](C)(C)OC[C@H]1OC2(CCCCC2)Oc2ccccc21. The first-order valence-corrected chi connectivity index (χ1v) is 12.2. The predicted molar refractivity (Wildman–Crippen MR) is 99.9 cm³/mol. The van der Waals surface area contributed by atoms with Crippen LogP contribution in [0.25, 0.3) is 0 Å². The van der Waals surface area contributed by atoms with Crippen LogP contribution in [0.5, 0.6) is 5.75 Å². The van der Waals surface area contributed by atoms with Gasteiger partial charge in [0, 0.05) is 18.4 Å². The van der Waals surface area contributed by atoms with Gasteiger partial charge in [0.25, 0.3) is 0 Å². The molecule has 0 N–H and O–H groups in total. The third kappa shape index (κ3) is 3.56. The Morgan fingerprint density at radius 2 is 1.79 bits per heavy atom. The highest BCUT2D eigenvalue weighted by Crippen LogP contribution is 2.46. The zero-order valence-corrected chi connectivity index (χ0v) is 16.9. The van der Waals surface area contributed by atoms with Gasteiger partial charge in [0.05, 0.1) is 6.61 Å². The molecule has 134 valence electrons. The molecule has 0 radical (unpaired) electrons. The standard InChI is InChI=1S/C20H32O3Si/c1-19(2,3)24(4,5)21-15-18-16-11-7-8-12-17(16)22-20(23-18)13-9-6-10-14-20/h7-8,11-12,18H,6,9-10,13-15H2,1-5H3/t18-/m1/s1. The molecule has 1 aliphatic carbocycles. The van der Waals surface area contributed by atoms with Crippen molar-refractivity contribution < 1.29 is 13.9 Å². The summed E-state index contributed by atoms with van der Waals surface area (Å²) in [5.74, 6) is 0.545. The quantitative estimate of drug-likeness (QED) is 0.644. The molecule has 0 aromatic heterocycles. The summed E-state index contributed by atoms with van der Waals surface area (Å²) in [7, 11) is -1.79. The maximum atomic E-state index is 6.52. The van der Waals surface area contributed by atoms with Crippen LogP contribution in [0.15, 0.2) is 24.3 Å². The van der Waals surface area contributed by atoms with Crippen molar-refractivity contribution in [3.8, 4) is 5.75 Å². The van der Waals surface area contributed by atoms with E-state index in [1.165, 1.54) is 19.3 Å². The Morgan fingerprint density at radius 3 is 2.46 bits per heavy atom. The first kappa shape index (κ1) is 18.0. The number of rotatable bonds is 3. The summed E-state index contributed by atoms with van der Waals surface area (Å²) in [6, 6.07) is 8.30. The smallest absolute Gasteiger partial charge is 0.211 e. The minimum absolute atomic E-state index is 0.0258. The van der Waals surface area contributed by atoms with E-state index in [1.807, 2.05) is 6.07 Å². The number of ether oxygens (including phenoxy) is 2. The Balaban J connectivity index is 1.81. The Kier molecular flexibility index (Phi) is 4.84. The van der Waals surface area contributed by atoms with Crippen molar-refractivity contribution in [2.75, 3.05) is 6.61 Å². The predicted octanol–water partition coefficient (Wildman–Crippen LogP) is 5.82. The fourth-order valence-electron chi connectivity index (χ4n) is 3.32. The van der Waals surface area contributed by atoms with E-state index in [9.17, 15) is 0 Å². The van der Waals surface area contributed by atoms with E-state index in [0.717, 1.165) is 24.2 Å². The highest BCUT2D eigenvalue weighted by molar-refractivity contribution is 6.74. The Morgan fingerprint density at radius 1 is 1.12 bits per heavy atom. The summed E-state index contributed by atoms with van der Waals surface area (Å²) >= 11 is 0. The molecule has 0 bridgehead atoms. The average molecular weight is 349 g/mol. The molecule has 1 spiro atoms. The monoisotopic (exact) mass is 348 g/mol. The van der Waals surface area contributed by atoms with Gasteiger partial charge in [-0.1, -0.05) is 45.4 Å². The van der Waals surface area contributed by atoms with Crippen molar-refractivity contribution in [2.24, 2.45) is 0 Å². The van der Waals surface area contributed by atoms with Gasteiger partial charge in [-0.3, -0.25) is 0 Å². The lowest BCUT2D eigenvalue weighted by Crippen LogP contribution is -2.47. The van der Waals surface area contributed by atoms with Crippen molar-refractivity contribution in [1.82, 2.24) is 0 Å². The molecule has 1 atom stereocenters. The minimum Gasteiger partial charge on any atom is -0.462 e. The molecule has 3 nitrogen and oxygen atoms in total. The van der Waals surface area contributed by atoms with Gasteiger partial charge in [-0.05, 0) is 37.0 Å². The lowest BCUT2D eigenvalue weighted by molar-refractivity contribution is -0.249. The maximum Gasteiger partial charge on any atom is 0.211 e. The molecule has 0 amide bonds. The van der Waals surface area contributed by atoms with Crippen LogP contribution in [0.3, 0.4) is 0 Å². The highest BCUT2D eigenvalue weighted by Gasteiger charge is 2.44. The number of hydrogen-bond acceptors (Lipinski definition) is 3. The van der Waals surface area contributed by atoms with Crippen LogP contribution in [0.2, 0.25) is 18.1 Å². The highest BCUT2D eigenvalue weighted by atomic mass is 28.4. The van der Waals surface area contributed by atoms with Crippen LogP contribution in [-0.4, -0.2) is 20.7 Å². The summed E-state index contributed by atoms with van der Waals surface area (Å²) in [5.41, 5.74) is 1.13. The largest absolute Gasteiger partial charge is 0.462 e. The van der Waals surface area contributed by atoms with Gasteiger partial charge in [-0.25, -0.2) is 0 Å². The second-order valence-corrected chi connectivity index (χ2v) is 13.6. The van der Waals surface area contributed by atoms with E-state index in [2.05, 4.69) is 52.1 Å². The van der Waals surface area contributed by atoms with E-state index >= 15 is 0 Å². The molecular formula is C20H32O3Si. The minimum atomic E-state index is -1.79. The van der Waals surface area contributed by atoms with Crippen LogP contribution >= 0.6 is 0 Å². The fraction of sp³-hybridized carbons (Fsp3) is 0.700. The maximum absolute atomic E-state index is 6.52. The molecule has 1 fully saturated rings. The van der Waals surface area contributed by atoms with Crippen molar-refractivity contribution in [1.29, 1.82) is 0 Å². The molecule has 0 unspecified atom stereocenters. The molecule has 1 aromatic rings. The summed E-state index contributed by atoms with van der Waals surface area (Å²) in [6.45, 7) is 12.1. The lowest BCUT2D eigenvalue weighted by atomic mass is 9.92. The van der Waals surface area contributed by atoms with E-state index < -0.39 is 14.1 Å². The first-order chi connectivity index (χ1) is 11.2. The third-order valence-corrected chi connectivity index (χ3v) is 10.4. The van der Waals surface area contributed by atoms with E-state index in [1.54, 1.807) is 0 Å². The Bertz CT molecular complexity index is 570. The zero-order valence-electron chi connectivity index (χ0n) is 15.9. The Hall–Kier alpha value is -0.843. The normalized spacial score (nSPS) is 23.6. The van der Waals surface area contributed by atoms with E-state index in [-0.39, 0.29) is 11.1 Å². The summed E-state index contributed by atoms with van der Waals surface area (Å²) in [4.78, 5) is 0. The zero-order chi connectivity index (χ0) is 17.4. The van der Waals surface area contributed by atoms with Crippen LogP contribution < -0.4 is 4.74 Å². The van der Waals surface area contributed by atoms with Gasteiger partial charge in [0.1, 0.15) is 11.9 Å². The van der Waals surface area contributed by atoms with Crippen molar-refractivity contribution in [2.45, 2.75) is 82.9 Å². The molecule has 3 rings (SSSR count). The van der Waals surface area contributed by atoms with Crippen LogP contribution in [-0.2, 0) is 9.16 Å². The molecule has 4 heteroatoms. The second-order valence-electron chi connectivity index (χ2n) is 8.79. The molecule has 0 saturated heterocycles.